The molecule has 0 fully saturated rings. The number of nitrogens with one attached hydrogen (secondary N) is 1. The summed E-state index contributed by atoms with van der Waals surface area (Å²) >= 11 is 0. The molecule has 1 aromatic rings. The monoisotopic (exact) mass is 236 g/mol. The fraction of sp³-hybridized carbons (Fsp3) is 0.462. The maximum absolute atomic E-state index is 11.7. The average Bonchev–Trinajstić information content (AvgIpc) is 2.29. The van der Waals surface area contributed by atoms with Gasteiger partial charge in [0.2, 0.25) is 5.91 Å². The Balaban J connectivity index is 2.79. The summed E-state index contributed by atoms with van der Waals surface area (Å²) in [5, 5.41) is 2.78. The minimum atomic E-state index is -0.484. The van der Waals surface area contributed by atoms with Gasteiger partial charge in [0, 0.05) is 0 Å². The van der Waals surface area contributed by atoms with Crippen molar-refractivity contribution >= 4 is 11.6 Å². The second-order valence-electron chi connectivity index (χ2n) is 4.17. The normalized spacial score (nSPS) is 12.3. The van der Waals surface area contributed by atoms with E-state index in [1.54, 1.807) is 6.07 Å². The second-order valence-corrected chi connectivity index (χ2v) is 4.17. The number of hydrogen-bond acceptors (Lipinski definition) is 3. The predicted molar refractivity (Wildman–Crippen MR) is 69.1 cm³/mol. The van der Waals surface area contributed by atoms with Crippen LogP contribution in [0.5, 0.6) is 5.75 Å². The van der Waals surface area contributed by atoms with Gasteiger partial charge in [-0.3, -0.25) is 4.79 Å². The average molecular weight is 236 g/mol. The van der Waals surface area contributed by atoms with Crippen LogP contribution in [-0.4, -0.2) is 18.1 Å². The van der Waals surface area contributed by atoms with Gasteiger partial charge in [-0.15, -0.1) is 0 Å². The zero-order valence-corrected chi connectivity index (χ0v) is 10.6. The van der Waals surface area contributed by atoms with Crippen LogP contribution in [0.3, 0.4) is 0 Å². The fourth-order valence-corrected chi connectivity index (χ4v) is 1.34. The van der Waals surface area contributed by atoms with Gasteiger partial charge in [0.15, 0.2) is 0 Å². The Bertz CT molecular complexity index is 377. The molecule has 0 heterocycles. The van der Waals surface area contributed by atoms with E-state index in [9.17, 15) is 4.79 Å². The number of amides is 1. The number of ether oxygens (including phenoxy) is 1. The van der Waals surface area contributed by atoms with Crippen LogP contribution in [0.1, 0.15) is 27.2 Å². The van der Waals surface area contributed by atoms with Gasteiger partial charge in [-0.05, 0) is 32.4 Å². The summed E-state index contributed by atoms with van der Waals surface area (Å²) in [5.74, 6) is 0.478. The first-order valence-corrected chi connectivity index (χ1v) is 5.86. The van der Waals surface area contributed by atoms with Crippen molar-refractivity contribution in [3.8, 4) is 5.75 Å². The molecule has 1 aromatic carbocycles. The highest BCUT2D eigenvalue weighted by Gasteiger charge is 2.13. The minimum Gasteiger partial charge on any atom is -0.489 e. The van der Waals surface area contributed by atoms with E-state index >= 15 is 0 Å². The van der Waals surface area contributed by atoms with Crippen molar-refractivity contribution in [2.75, 3.05) is 5.32 Å². The molecule has 4 heteroatoms. The van der Waals surface area contributed by atoms with Gasteiger partial charge in [0.05, 0.1) is 17.8 Å². The molecule has 3 N–H and O–H groups in total. The van der Waals surface area contributed by atoms with E-state index in [1.807, 2.05) is 39.0 Å². The van der Waals surface area contributed by atoms with Crippen molar-refractivity contribution in [3.05, 3.63) is 24.3 Å². The zero-order chi connectivity index (χ0) is 12.8. The molecule has 17 heavy (non-hydrogen) atoms. The summed E-state index contributed by atoms with van der Waals surface area (Å²) in [6.07, 6.45) is 0.673. The largest absolute Gasteiger partial charge is 0.489 e. The van der Waals surface area contributed by atoms with Crippen LogP contribution in [0.4, 0.5) is 5.69 Å². The van der Waals surface area contributed by atoms with Crippen LogP contribution < -0.4 is 15.8 Å². The van der Waals surface area contributed by atoms with E-state index in [0.717, 1.165) is 0 Å². The molecule has 0 aromatic heterocycles. The van der Waals surface area contributed by atoms with Gasteiger partial charge < -0.3 is 15.8 Å². The Morgan fingerprint density at radius 1 is 1.41 bits per heavy atom. The van der Waals surface area contributed by atoms with Crippen LogP contribution in [0.25, 0.3) is 0 Å². The third-order valence-electron chi connectivity index (χ3n) is 2.28. The van der Waals surface area contributed by atoms with Gasteiger partial charge in [0.1, 0.15) is 5.75 Å². The molecule has 4 nitrogen and oxygen atoms in total. The number of carbonyl (C=O) groups is 1. The minimum absolute atomic E-state index is 0.0629. The summed E-state index contributed by atoms with van der Waals surface area (Å²) in [4.78, 5) is 11.7. The Morgan fingerprint density at radius 3 is 2.65 bits per heavy atom. The number of nitrogens with two attached hydrogens (primary N) is 1. The van der Waals surface area contributed by atoms with Gasteiger partial charge in [-0.2, -0.15) is 0 Å². The van der Waals surface area contributed by atoms with Gasteiger partial charge in [-0.25, -0.2) is 0 Å². The fourth-order valence-electron chi connectivity index (χ4n) is 1.34. The van der Waals surface area contributed by atoms with Crippen molar-refractivity contribution in [3.63, 3.8) is 0 Å². The first-order valence-electron chi connectivity index (χ1n) is 5.86. The highest BCUT2D eigenvalue weighted by Crippen LogP contribution is 2.24. The topological polar surface area (TPSA) is 64.4 Å². The number of para-hydroxylation sites is 2. The summed E-state index contributed by atoms with van der Waals surface area (Å²) in [5.41, 5.74) is 6.32. The van der Waals surface area contributed by atoms with E-state index in [4.69, 9.17) is 10.5 Å². The molecule has 94 valence electrons. The lowest BCUT2D eigenvalue weighted by Crippen LogP contribution is -2.34. The molecule has 0 spiro atoms. The van der Waals surface area contributed by atoms with E-state index in [1.165, 1.54) is 0 Å². The Kier molecular flexibility index (Phi) is 4.97. The predicted octanol–water partition coefficient (Wildman–Crippen LogP) is 2.15. The molecular weight excluding hydrogens is 216 g/mol. The molecule has 0 saturated heterocycles. The van der Waals surface area contributed by atoms with Crippen molar-refractivity contribution in [2.24, 2.45) is 5.73 Å². The van der Waals surface area contributed by atoms with E-state index in [2.05, 4.69) is 5.32 Å². The first-order chi connectivity index (χ1) is 8.04. The molecule has 1 rings (SSSR count). The van der Waals surface area contributed by atoms with E-state index < -0.39 is 6.04 Å². The molecule has 0 unspecified atom stereocenters. The summed E-state index contributed by atoms with van der Waals surface area (Å²) in [6, 6.07) is 6.86. The zero-order valence-electron chi connectivity index (χ0n) is 10.6. The molecule has 0 radical (unpaired) electrons. The Hall–Kier alpha value is -1.55. The van der Waals surface area contributed by atoms with Crippen molar-refractivity contribution in [1.29, 1.82) is 0 Å². The van der Waals surface area contributed by atoms with Gasteiger partial charge in [0.25, 0.3) is 0 Å². The van der Waals surface area contributed by atoms with Crippen LogP contribution in [0, 0.1) is 0 Å². The quantitative estimate of drug-likeness (QED) is 0.823. The van der Waals surface area contributed by atoms with Crippen LogP contribution >= 0.6 is 0 Å². The highest BCUT2D eigenvalue weighted by atomic mass is 16.5. The molecule has 0 aliphatic heterocycles. The number of anilines is 1. The summed E-state index contributed by atoms with van der Waals surface area (Å²) in [6.45, 7) is 5.76. The maximum atomic E-state index is 11.7. The van der Waals surface area contributed by atoms with Crippen LogP contribution in [0.15, 0.2) is 24.3 Å². The second kappa shape index (κ2) is 6.25. The van der Waals surface area contributed by atoms with Crippen molar-refractivity contribution in [2.45, 2.75) is 39.3 Å². The number of carbonyl (C=O) groups excluding carboxylic acids is 1. The number of benzene rings is 1. The van der Waals surface area contributed by atoms with E-state index in [-0.39, 0.29) is 12.0 Å². The summed E-state index contributed by atoms with van der Waals surface area (Å²) in [7, 11) is 0. The first kappa shape index (κ1) is 13.5. The summed E-state index contributed by atoms with van der Waals surface area (Å²) < 4.78 is 5.60. The van der Waals surface area contributed by atoms with Crippen molar-refractivity contribution in [1.82, 2.24) is 0 Å². The molecule has 0 saturated carbocycles. The third kappa shape index (κ3) is 4.07. The van der Waals surface area contributed by atoms with Gasteiger partial charge >= 0.3 is 0 Å². The lowest BCUT2D eigenvalue weighted by atomic mass is 10.2. The molecule has 0 aliphatic carbocycles. The lowest BCUT2D eigenvalue weighted by Gasteiger charge is -2.16. The number of hydrogen-bond donors (Lipinski definition) is 2. The van der Waals surface area contributed by atoms with E-state index in [0.29, 0.717) is 17.9 Å². The highest BCUT2D eigenvalue weighted by molar-refractivity contribution is 5.95. The van der Waals surface area contributed by atoms with Crippen LogP contribution in [0.2, 0.25) is 0 Å². The smallest absolute Gasteiger partial charge is 0.241 e. The molecule has 1 atom stereocenters. The van der Waals surface area contributed by atoms with Crippen molar-refractivity contribution < 1.29 is 9.53 Å². The Labute approximate surface area is 102 Å². The molecule has 1 amide bonds. The van der Waals surface area contributed by atoms with Crippen LogP contribution in [-0.2, 0) is 4.79 Å². The molecule has 0 aliphatic rings. The maximum Gasteiger partial charge on any atom is 0.241 e. The van der Waals surface area contributed by atoms with Gasteiger partial charge in [-0.1, -0.05) is 19.1 Å². The lowest BCUT2D eigenvalue weighted by molar-refractivity contribution is -0.117. The SMILES string of the molecule is CC[C@@H](N)C(=O)Nc1ccccc1OC(C)C. The molecular formula is C13H20N2O2. The third-order valence-corrected chi connectivity index (χ3v) is 2.28. The standard InChI is InChI=1S/C13H20N2O2/c1-4-10(14)13(16)15-11-7-5-6-8-12(11)17-9(2)3/h5-10H,4,14H2,1-3H3,(H,15,16)/t10-/m1/s1. The number of rotatable bonds is 5. The Morgan fingerprint density at radius 2 is 2.06 bits per heavy atom. The molecule has 0 bridgehead atoms.